The van der Waals surface area contributed by atoms with E-state index in [0.717, 1.165) is 5.69 Å². The van der Waals surface area contributed by atoms with Gasteiger partial charge in [0.25, 0.3) is 0 Å². The number of fused-ring (bicyclic) bond motifs is 1. The van der Waals surface area contributed by atoms with Crippen molar-refractivity contribution in [1.29, 1.82) is 0 Å². The second-order valence-electron chi connectivity index (χ2n) is 5.19. The zero-order valence-corrected chi connectivity index (χ0v) is 12.3. The molecular weight excluding hydrogens is 297 g/mol. The van der Waals surface area contributed by atoms with Crippen molar-refractivity contribution in [2.24, 2.45) is 0 Å². The Morgan fingerprint density at radius 3 is 2.74 bits per heavy atom. The summed E-state index contributed by atoms with van der Waals surface area (Å²) in [7, 11) is 0. The zero-order valence-electron chi connectivity index (χ0n) is 12.3. The molecule has 0 unspecified atom stereocenters. The van der Waals surface area contributed by atoms with E-state index in [-0.39, 0.29) is 30.0 Å². The highest BCUT2D eigenvalue weighted by molar-refractivity contribution is 6.03. The fourth-order valence-corrected chi connectivity index (χ4v) is 2.41. The summed E-state index contributed by atoms with van der Waals surface area (Å²) in [6.45, 7) is 0. The predicted octanol–water partition coefficient (Wildman–Crippen LogP) is 3.54. The molecule has 0 spiro atoms. The molecule has 1 aromatic heterocycles. The number of oxazole rings is 1. The first kappa shape index (κ1) is 15.1. The number of nitrogens with zero attached hydrogens (tertiary/aromatic N) is 1. The van der Waals surface area contributed by atoms with E-state index in [1.165, 1.54) is 24.6 Å². The molecule has 0 atom stereocenters. The van der Waals surface area contributed by atoms with Crippen LogP contribution in [0.15, 0.2) is 52.8 Å². The van der Waals surface area contributed by atoms with E-state index >= 15 is 0 Å². The summed E-state index contributed by atoms with van der Waals surface area (Å²) >= 11 is 0. The van der Waals surface area contributed by atoms with Gasteiger partial charge in [-0.15, -0.1) is 0 Å². The number of allylic oxidation sites excluding steroid dienone is 3. The van der Waals surface area contributed by atoms with Crippen molar-refractivity contribution in [3.05, 3.63) is 71.2 Å². The fraction of sp³-hybridized carbons (Fsp3) is 0.167. The van der Waals surface area contributed by atoms with Crippen LogP contribution in [0.1, 0.15) is 34.7 Å². The number of hydrogen-bond acceptors (Lipinski definition) is 4. The van der Waals surface area contributed by atoms with Crippen molar-refractivity contribution in [3.63, 3.8) is 0 Å². The molecule has 1 heterocycles. The van der Waals surface area contributed by atoms with Gasteiger partial charge in [0, 0.05) is 24.8 Å². The Kier molecular flexibility index (Phi) is 4.28. The number of aromatic nitrogens is 1. The van der Waals surface area contributed by atoms with Gasteiger partial charge in [-0.25, -0.2) is 9.37 Å². The summed E-state index contributed by atoms with van der Waals surface area (Å²) in [5, 5.41) is 0. The van der Waals surface area contributed by atoms with E-state index in [2.05, 4.69) is 4.98 Å². The molecule has 0 bridgehead atoms. The van der Waals surface area contributed by atoms with Crippen molar-refractivity contribution in [2.75, 3.05) is 0 Å². The third kappa shape index (κ3) is 3.34. The Hall–Kier alpha value is -2.82. The van der Waals surface area contributed by atoms with E-state index in [9.17, 15) is 14.0 Å². The Labute approximate surface area is 132 Å². The maximum atomic E-state index is 13.5. The fourth-order valence-electron chi connectivity index (χ4n) is 2.41. The van der Waals surface area contributed by atoms with Gasteiger partial charge >= 0.3 is 0 Å². The molecule has 4 nitrogen and oxygen atoms in total. The molecule has 3 rings (SSSR count). The maximum Gasteiger partial charge on any atom is 0.181 e. The lowest BCUT2D eigenvalue weighted by molar-refractivity contribution is -0.115. The van der Waals surface area contributed by atoms with Gasteiger partial charge in [-0.2, -0.15) is 0 Å². The Morgan fingerprint density at radius 2 is 1.91 bits per heavy atom. The normalized spacial score (nSPS) is 13.2. The lowest BCUT2D eigenvalue weighted by Gasteiger charge is -2.03. The quantitative estimate of drug-likeness (QED) is 0.792. The minimum absolute atomic E-state index is 0.0211. The van der Waals surface area contributed by atoms with Crippen molar-refractivity contribution >= 4 is 17.6 Å². The summed E-state index contributed by atoms with van der Waals surface area (Å²) in [5.41, 5.74) is 1.31. The second kappa shape index (κ2) is 6.52. The van der Waals surface area contributed by atoms with Crippen molar-refractivity contribution in [3.8, 4) is 0 Å². The summed E-state index contributed by atoms with van der Waals surface area (Å²) in [4.78, 5) is 28.3. The first-order valence-corrected chi connectivity index (χ1v) is 7.26. The predicted molar refractivity (Wildman–Crippen MR) is 82.3 cm³/mol. The molecule has 0 saturated heterocycles. The van der Waals surface area contributed by atoms with Gasteiger partial charge in [-0.1, -0.05) is 18.2 Å². The Bertz CT molecular complexity index is 817. The molecular formula is C18H14FNO3. The maximum absolute atomic E-state index is 13.5. The van der Waals surface area contributed by atoms with Crippen LogP contribution >= 0.6 is 0 Å². The second-order valence-corrected chi connectivity index (χ2v) is 5.19. The molecule has 0 saturated carbocycles. The van der Waals surface area contributed by atoms with Crippen LogP contribution < -0.4 is 0 Å². The molecule has 0 aliphatic heterocycles. The SMILES string of the molecule is O=C(CCC(=O)c1ccccc1F)C1=CCc2ncoc2C=C1. The molecule has 0 radical (unpaired) electrons. The van der Waals surface area contributed by atoms with E-state index in [1.54, 1.807) is 24.3 Å². The summed E-state index contributed by atoms with van der Waals surface area (Å²) in [6.07, 6.45) is 7.00. The average Bonchev–Trinajstić information content (AvgIpc) is 2.91. The average molecular weight is 311 g/mol. The molecule has 1 aromatic carbocycles. The Balaban J connectivity index is 1.63. The van der Waals surface area contributed by atoms with Crippen LogP contribution in [0.4, 0.5) is 4.39 Å². The smallest absolute Gasteiger partial charge is 0.181 e. The van der Waals surface area contributed by atoms with Gasteiger partial charge in [0.05, 0.1) is 11.3 Å². The summed E-state index contributed by atoms with van der Waals surface area (Å²) < 4.78 is 18.7. The van der Waals surface area contributed by atoms with Gasteiger partial charge in [-0.3, -0.25) is 9.59 Å². The first-order valence-electron chi connectivity index (χ1n) is 7.26. The van der Waals surface area contributed by atoms with Gasteiger partial charge in [0.2, 0.25) is 0 Å². The number of benzene rings is 1. The van der Waals surface area contributed by atoms with Crippen LogP contribution in [0.2, 0.25) is 0 Å². The van der Waals surface area contributed by atoms with Crippen molar-refractivity contribution in [1.82, 2.24) is 4.98 Å². The number of ketones is 2. The van der Waals surface area contributed by atoms with Crippen molar-refractivity contribution in [2.45, 2.75) is 19.3 Å². The number of carbonyl (C=O) groups excluding carboxylic acids is 2. The van der Waals surface area contributed by atoms with E-state index in [1.807, 2.05) is 0 Å². The molecule has 0 fully saturated rings. The van der Waals surface area contributed by atoms with Crippen LogP contribution in [0.25, 0.3) is 6.08 Å². The number of Topliss-reactive ketones (excluding diaryl/α,β-unsaturated/α-hetero) is 2. The van der Waals surface area contributed by atoms with E-state index in [0.29, 0.717) is 17.8 Å². The topological polar surface area (TPSA) is 60.2 Å². The standard InChI is InChI=1S/C18H14FNO3/c19-14-4-2-1-3-13(14)17(22)9-8-16(21)12-5-7-15-18(10-6-12)23-11-20-15/h1-6,10-11H,7-9H2. The zero-order chi connectivity index (χ0) is 16.2. The molecule has 5 heteroatoms. The highest BCUT2D eigenvalue weighted by atomic mass is 19.1. The minimum atomic E-state index is -0.561. The van der Waals surface area contributed by atoms with Crippen LogP contribution in [0, 0.1) is 5.82 Å². The highest BCUT2D eigenvalue weighted by Crippen LogP contribution is 2.19. The third-order valence-corrected chi connectivity index (χ3v) is 3.68. The van der Waals surface area contributed by atoms with Crippen molar-refractivity contribution < 1.29 is 18.4 Å². The van der Waals surface area contributed by atoms with Crippen LogP contribution in [-0.4, -0.2) is 16.6 Å². The van der Waals surface area contributed by atoms with E-state index < -0.39 is 5.82 Å². The lowest BCUT2D eigenvalue weighted by Crippen LogP contribution is -2.07. The van der Waals surface area contributed by atoms with Gasteiger partial charge in [-0.05, 0) is 24.3 Å². The molecule has 0 amide bonds. The third-order valence-electron chi connectivity index (χ3n) is 3.68. The van der Waals surface area contributed by atoms with Gasteiger partial charge in [0.15, 0.2) is 23.7 Å². The molecule has 116 valence electrons. The molecule has 1 aliphatic rings. The number of hydrogen-bond donors (Lipinski definition) is 0. The number of carbonyl (C=O) groups is 2. The minimum Gasteiger partial charge on any atom is -0.444 e. The van der Waals surface area contributed by atoms with Gasteiger partial charge < -0.3 is 4.42 Å². The van der Waals surface area contributed by atoms with Crippen LogP contribution in [0.5, 0.6) is 0 Å². The highest BCUT2D eigenvalue weighted by Gasteiger charge is 2.16. The molecule has 0 N–H and O–H groups in total. The first-order chi connectivity index (χ1) is 11.1. The Morgan fingerprint density at radius 1 is 1.13 bits per heavy atom. The monoisotopic (exact) mass is 311 g/mol. The molecule has 23 heavy (non-hydrogen) atoms. The molecule has 1 aliphatic carbocycles. The van der Waals surface area contributed by atoms with E-state index in [4.69, 9.17) is 4.42 Å². The number of rotatable bonds is 5. The van der Waals surface area contributed by atoms with Crippen LogP contribution in [0.3, 0.4) is 0 Å². The largest absolute Gasteiger partial charge is 0.444 e. The number of halogens is 1. The summed E-state index contributed by atoms with van der Waals surface area (Å²) in [5.74, 6) is -0.458. The van der Waals surface area contributed by atoms with Crippen LogP contribution in [-0.2, 0) is 11.2 Å². The molecule has 2 aromatic rings. The lowest BCUT2D eigenvalue weighted by atomic mass is 10.0. The van der Waals surface area contributed by atoms with Gasteiger partial charge in [0.1, 0.15) is 5.82 Å². The summed E-state index contributed by atoms with van der Waals surface area (Å²) in [6, 6.07) is 5.79.